The van der Waals surface area contributed by atoms with Gasteiger partial charge in [0.05, 0.1) is 17.6 Å². The number of hydrogen-bond acceptors (Lipinski definition) is 5. The lowest BCUT2D eigenvalue weighted by Gasteiger charge is -2.40. The summed E-state index contributed by atoms with van der Waals surface area (Å²) in [5.41, 5.74) is 3.94. The number of carbonyl (C=O) groups is 1. The van der Waals surface area contributed by atoms with Crippen LogP contribution in [0.1, 0.15) is 12.5 Å². The SMILES string of the molecule is C[C@@H]1CN(c2cncnc2-c2ccccc2)CCN1C(=O)OCc1ccccc1. The van der Waals surface area contributed by atoms with E-state index in [0.29, 0.717) is 19.6 Å². The zero-order valence-electron chi connectivity index (χ0n) is 16.4. The largest absolute Gasteiger partial charge is 0.445 e. The maximum atomic E-state index is 12.6. The molecule has 1 atom stereocenters. The Morgan fingerprint density at radius 1 is 1.07 bits per heavy atom. The first-order valence-corrected chi connectivity index (χ1v) is 9.80. The average Bonchev–Trinajstić information content (AvgIpc) is 2.79. The van der Waals surface area contributed by atoms with Crippen LogP contribution in [0.15, 0.2) is 73.2 Å². The normalized spacial score (nSPS) is 16.5. The van der Waals surface area contributed by atoms with Gasteiger partial charge in [-0.1, -0.05) is 60.7 Å². The van der Waals surface area contributed by atoms with Crippen LogP contribution in [0.25, 0.3) is 11.3 Å². The Hall–Kier alpha value is -3.41. The van der Waals surface area contributed by atoms with Crippen molar-refractivity contribution in [3.8, 4) is 11.3 Å². The number of piperazine rings is 1. The number of ether oxygens (including phenoxy) is 1. The van der Waals surface area contributed by atoms with Crippen LogP contribution in [0.5, 0.6) is 0 Å². The molecule has 1 aliphatic heterocycles. The van der Waals surface area contributed by atoms with E-state index in [1.165, 1.54) is 0 Å². The minimum Gasteiger partial charge on any atom is -0.445 e. The lowest BCUT2D eigenvalue weighted by Crippen LogP contribution is -2.54. The Kier molecular flexibility index (Phi) is 5.70. The zero-order chi connectivity index (χ0) is 20.1. The van der Waals surface area contributed by atoms with Gasteiger partial charge in [-0.2, -0.15) is 0 Å². The van der Waals surface area contributed by atoms with Crippen LogP contribution in [-0.4, -0.2) is 46.6 Å². The summed E-state index contributed by atoms with van der Waals surface area (Å²) in [5, 5.41) is 0. The second kappa shape index (κ2) is 8.73. The van der Waals surface area contributed by atoms with Gasteiger partial charge < -0.3 is 14.5 Å². The molecule has 1 saturated heterocycles. The third kappa shape index (κ3) is 4.37. The van der Waals surface area contributed by atoms with E-state index in [-0.39, 0.29) is 18.7 Å². The zero-order valence-corrected chi connectivity index (χ0v) is 16.4. The Balaban J connectivity index is 1.43. The van der Waals surface area contributed by atoms with Gasteiger partial charge in [-0.3, -0.25) is 0 Å². The third-order valence-electron chi connectivity index (χ3n) is 5.15. The molecule has 6 nitrogen and oxygen atoms in total. The summed E-state index contributed by atoms with van der Waals surface area (Å²) in [6.07, 6.45) is 3.16. The quantitative estimate of drug-likeness (QED) is 0.676. The van der Waals surface area contributed by atoms with Crippen LogP contribution in [-0.2, 0) is 11.3 Å². The first-order valence-electron chi connectivity index (χ1n) is 9.80. The molecule has 1 amide bonds. The van der Waals surface area contributed by atoms with Crippen molar-refractivity contribution in [1.29, 1.82) is 0 Å². The van der Waals surface area contributed by atoms with Crippen molar-refractivity contribution in [3.05, 3.63) is 78.8 Å². The van der Waals surface area contributed by atoms with Crippen LogP contribution >= 0.6 is 0 Å². The molecule has 4 rings (SSSR count). The summed E-state index contributed by atoms with van der Waals surface area (Å²) in [6, 6.07) is 19.9. The molecule has 148 valence electrons. The summed E-state index contributed by atoms with van der Waals surface area (Å²) in [5.74, 6) is 0. The van der Waals surface area contributed by atoms with Crippen LogP contribution in [0, 0.1) is 0 Å². The number of aromatic nitrogens is 2. The lowest BCUT2D eigenvalue weighted by atomic mass is 10.1. The Bertz CT molecular complexity index is 949. The molecule has 3 aromatic rings. The second-order valence-corrected chi connectivity index (χ2v) is 7.15. The molecule has 6 heteroatoms. The fourth-order valence-electron chi connectivity index (χ4n) is 3.62. The number of rotatable bonds is 4. The van der Waals surface area contributed by atoms with Gasteiger partial charge in [0.15, 0.2) is 0 Å². The number of anilines is 1. The van der Waals surface area contributed by atoms with Crippen molar-refractivity contribution in [2.75, 3.05) is 24.5 Å². The number of amides is 1. The highest BCUT2D eigenvalue weighted by atomic mass is 16.6. The monoisotopic (exact) mass is 388 g/mol. The van der Waals surface area contributed by atoms with Crippen molar-refractivity contribution < 1.29 is 9.53 Å². The number of hydrogen-bond donors (Lipinski definition) is 0. The van der Waals surface area contributed by atoms with Gasteiger partial charge >= 0.3 is 6.09 Å². The number of carbonyl (C=O) groups excluding carboxylic acids is 1. The van der Waals surface area contributed by atoms with E-state index in [9.17, 15) is 4.79 Å². The van der Waals surface area contributed by atoms with Crippen molar-refractivity contribution in [2.24, 2.45) is 0 Å². The van der Waals surface area contributed by atoms with E-state index >= 15 is 0 Å². The highest BCUT2D eigenvalue weighted by Gasteiger charge is 2.30. The summed E-state index contributed by atoms with van der Waals surface area (Å²) in [6.45, 7) is 4.34. The molecule has 0 radical (unpaired) electrons. The molecule has 1 fully saturated rings. The average molecular weight is 388 g/mol. The van der Waals surface area contributed by atoms with Crippen LogP contribution in [0.3, 0.4) is 0 Å². The van der Waals surface area contributed by atoms with Gasteiger partial charge in [0.2, 0.25) is 0 Å². The van der Waals surface area contributed by atoms with E-state index in [1.54, 1.807) is 11.2 Å². The molecule has 0 N–H and O–H groups in total. The third-order valence-corrected chi connectivity index (χ3v) is 5.15. The molecule has 0 bridgehead atoms. The molecular weight excluding hydrogens is 364 g/mol. The van der Waals surface area contributed by atoms with Gasteiger partial charge in [0, 0.05) is 31.2 Å². The van der Waals surface area contributed by atoms with Crippen molar-refractivity contribution in [1.82, 2.24) is 14.9 Å². The maximum Gasteiger partial charge on any atom is 0.410 e. The van der Waals surface area contributed by atoms with Crippen LogP contribution in [0.2, 0.25) is 0 Å². The molecule has 0 saturated carbocycles. The highest BCUT2D eigenvalue weighted by Crippen LogP contribution is 2.29. The van der Waals surface area contributed by atoms with Gasteiger partial charge in [-0.05, 0) is 12.5 Å². The molecular formula is C23H24N4O2. The topological polar surface area (TPSA) is 58.6 Å². The minimum absolute atomic E-state index is 0.0239. The second-order valence-electron chi connectivity index (χ2n) is 7.15. The highest BCUT2D eigenvalue weighted by molar-refractivity contribution is 5.75. The van der Waals surface area contributed by atoms with E-state index in [4.69, 9.17) is 4.74 Å². The van der Waals surface area contributed by atoms with E-state index in [0.717, 1.165) is 22.5 Å². The van der Waals surface area contributed by atoms with E-state index in [1.807, 2.05) is 73.8 Å². The van der Waals surface area contributed by atoms with Gasteiger partial charge in [0.25, 0.3) is 0 Å². The summed E-state index contributed by atoms with van der Waals surface area (Å²) in [7, 11) is 0. The summed E-state index contributed by atoms with van der Waals surface area (Å²) in [4.78, 5) is 25.4. The standard InChI is InChI=1S/C23H24N4O2/c1-18-15-26(21-14-24-17-25-22(21)20-10-6-3-7-11-20)12-13-27(18)23(28)29-16-19-8-4-2-5-9-19/h2-11,14,17-18H,12-13,15-16H2,1H3/t18-/m1/s1. The Labute approximate surface area is 170 Å². The first kappa shape index (κ1) is 18.9. The van der Waals surface area contributed by atoms with Gasteiger partial charge in [0.1, 0.15) is 12.9 Å². The van der Waals surface area contributed by atoms with Crippen molar-refractivity contribution in [2.45, 2.75) is 19.6 Å². The molecule has 2 heterocycles. The molecule has 0 aliphatic carbocycles. The molecule has 0 spiro atoms. The fourth-order valence-corrected chi connectivity index (χ4v) is 3.62. The maximum absolute atomic E-state index is 12.6. The van der Waals surface area contributed by atoms with Crippen LogP contribution < -0.4 is 4.90 Å². The fraction of sp³-hybridized carbons (Fsp3) is 0.261. The van der Waals surface area contributed by atoms with Gasteiger partial charge in [-0.15, -0.1) is 0 Å². The lowest BCUT2D eigenvalue weighted by molar-refractivity contribution is 0.0795. The van der Waals surface area contributed by atoms with E-state index < -0.39 is 0 Å². The molecule has 1 aliphatic rings. The summed E-state index contributed by atoms with van der Waals surface area (Å²) < 4.78 is 5.52. The minimum atomic E-state index is -0.270. The Morgan fingerprint density at radius 2 is 1.79 bits per heavy atom. The Morgan fingerprint density at radius 3 is 2.52 bits per heavy atom. The van der Waals surface area contributed by atoms with Crippen LogP contribution in [0.4, 0.5) is 10.5 Å². The number of benzene rings is 2. The molecule has 2 aromatic carbocycles. The first-order chi connectivity index (χ1) is 14.2. The predicted octanol–water partition coefficient (Wildman–Crippen LogP) is 3.99. The molecule has 0 unspecified atom stereocenters. The smallest absolute Gasteiger partial charge is 0.410 e. The van der Waals surface area contributed by atoms with Crippen molar-refractivity contribution in [3.63, 3.8) is 0 Å². The van der Waals surface area contributed by atoms with Gasteiger partial charge in [-0.25, -0.2) is 14.8 Å². The summed E-state index contributed by atoms with van der Waals surface area (Å²) >= 11 is 0. The predicted molar refractivity (Wildman–Crippen MR) is 112 cm³/mol. The van der Waals surface area contributed by atoms with E-state index in [2.05, 4.69) is 14.9 Å². The number of nitrogens with zero attached hydrogens (tertiary/aromatic N) is 4. The molecule has 29 heavy (non-hydrogen) atoms. The molecule has 1 aromatic heterocycles. The van der Waals surface area contributed by atoms with Crippen molar-refractivity contribution >= 4 is 11.8 Å².